The number of hydrogen-bond acceptors (Lipinski definition) is 4. The smallest absolute Gasteiger partial charge is 0.270 e. The second-order valence-electron chi connectivity index (χ2n) is 3.78. The first-order valence-corrected chi connectivity index (χ1v) is 7.19. The van der Waals surface area contributed by atoms with Gasteiger partial charge in [0.25, 0.3) is 0 Å². The molecule has 0 radical (unpaired) electrons. The molecule has 0 aliphatic carbocycles. The highest BCUT2D eigenvalue weighted by molar-refractivity contribution is 9.10. The first-order valence-electron chi connectivity index (χ1n) is 5.58. The number of H-pyrrole nitrogens is 1. The minimum absolute atomic E-state index is 0.173. The van der Waals surface area contributed by atoms with E-state index in [0.29, 0.717) is 11.7 Å². The monoisotopic (exact) mass is 328 g/mol. The van der Waals surface area contributed by atoms with Gasteiger partial charge in [-0.25, -0.2) is 14.9 Å². The number of aromatic amines is 1. The van der Waals surface area contributed by atoms with E-state index in [4.69, 9.17) is 0 Å². The van der Waals surface area contributed by atoms with Crippen LogP contribution in [0.5, 0.6) is 0 Å². The van der Waals surface area contributed by atoms with Gasteiger partial charge < -0.3 is 0 Å². The van der Waals surface area contributed by atoms with Crippen LogP contribution in [0.1, 0.15) is 19.0 Å². The van der Waals surface area contributed by atoms with Gasteiger partial charge in [0.05, 0.1) is 5.69 Å². The molecule has 2 aromatic heterocycles. The van der Waals surface area contributed by atoms with Crippen molar-refractivity contribution in [3.63, 3.8) is 0 Å². The van der Waals surface area contributed by atoms with Crippen LogP contribution >= 0.6 is 27.7 Å². The molecule has 2 aromatic rings. The molecule has 0 saturated carbocycles. The van der Waals surface area contributed by atoms with Crippen molar-refractivity contribution in [2.75, 3.05) is 0 Å². The zero-order chi connectivity index (χ0) is 13.1. The molecule has 0 atom stereocenters. The Bertz CT molecular complexity index is 607. The maximum absolute atomic E-state index is 11.5. The molecule has 0 amide bonds. The molecular formula is C11H13BrN4OS. The summed E-state index contributed by atoms with van der Waals surface area (Å²) in [5, 5.41) is 7.96. The SMILES string of the molecule is CCCn1c(Sc2ccc(Br)c(C)n2)n[nH]c1=O. The van der Waals surface area contributed by atoms with Crippen LogP contribution in [0.15, 0.2) is 31.6 Å². The third-order valence-corrected chi connectivity index (χ3v) is 4.13. The first-order chi connectivity index (χ1) is 8.61. The van der Waals surface area contributed by atoms with E-state index in [-0.39, 0.29) is 5.69 Å². The predicted octanol–water partition coefficient (Wildman–Crippen LogP) is 2.60. The van der Waals surface area contributed by atoms with Crippen molar-refractivity contribution >= 4 is 27.7 Å². The van der Waals surface area contributed by atoms with Crippen LogP contribution < -0.4 is 5.69 Å². The summed E-state index contributed by atoms with van der Waals surface area (Å²) in [5.74, 6) is 0. The van der Waals surface area contributed by atoms with Gasteiger partial charge in [-0.2, -0.15) is 0 Å². The topological polar surface area (TPSA) is 63.6 Å². The molecule has 96 valence electrons. The Kier molecular flexibility index (Phi) is 4.23. The van der Waals surface area contributed by atoms with Gasteiger partial charge in [-0.05, 0) is 53.2 Å². The summed E-state index contributed by atoms with van der Waals surface area (Å²) in [4.78, 5) is 16.0. The predicted molar refractivity (Wildman–Crippen MR) is 73.9 cm³/mol. The number of hydrogen-bond donors (Lipinski definition) is 1. The Hall–Kier alpha value is -1.08. The molecule has 7 heteroatoms. The summed E-state index contributed by atoms with van der Waals surface area (Å²) in [7, 11) is 0. The normalized spacial score (nSPS) is 10.8. The second kappa shape index (κ2) is 5.71. The molecule has 0 aromatic carbocycles. The van der Waals surface area contributed by atoms with Crippen molar-refractivity contribution in [1.29, 1.82) is 0 Å². The standard InChI is InChI=1S/C11H13BrN4OS/c1-3-6-16-10(17)14-15-11(16)18-9-5-4-8(12)7(2)13-9/h4-5H,3,6H2,1-2H3,(H,14,17). The molecule has 0 saturated heterocycles. The molecule has 0 unspecified atom stereocenters. The lowest BCUT2D eigenvalue weighted by Crippen LogP contribution is -2.17. The molecule has 5 nitrogen and oxygen atoms in total. The van der Waals surface area contributed by atoms with Crippen molar-refractivity contribution in [1.82, 2.24) is 19.7 Å². The summed E-state index contributed by atoms with van der Waals surface area (Å²) in [6.07, 6.45) is 0.889. The van der Waals surface area contributed by atoms with Gasteiger partial charge in [0.15, 0.2) is 5.16 Å². The van der Waals surface area contributed by atoms with E-state index in [1.54, 1.807) is 4.57 Å². The van der Waals surface area contributed by atoms with Gasteiger partial charge in [0.1, 0.15) is 5.03 Å². The maximum Gasteiger partial charge on any atom is 0.343 e. The lowest BCUT2D eigenvalue weighted by molar-refractivity contribution is 0.603. The van der Waals surface area contributed by atoms with E-state index in [0.717, 1.165) is 21.6 Å². The van der Waals surface area contributed by atoms with Crippen LogP contribution in [0.2, 0.25) is 0 Å². The fourth-order valence-corrected chi connectivity index (χ4v) is 2.58. The fraction of sp³-hybridized carbons (Fsp3) is 0.364. The largest absolute Gasteiger partial charge is 0.343 e. The molecule has 1 N–H and O–H groups in total. The summed E-state index contributed by atoms with van der Waals surface area (Å²) < 4.78 is 2.60. The number of aryl methyl sites for hydroxylation is 1. The third kappa shape index (κ3) is 2.84. The highest BCUT2D eigenvalue weighted by atomic mass is 79.9. The first kappa shape index (κ1) is 13.4. The van der Waals surface area contributed by atoms with E-state index >= 15 is 0 Å². The van der Waals surface area contributed by atoms with Gasteiger partial charge in [0.2, 0.25) is 0 Å². The van der Waals surface area contributed by atoms with Gasteiger partial charge in [-0.15, -0.1) is 5.10 Å². The molecule has 2 rings (SSSR count). The number of pyridine rings is 1. The van der Waals surface area contributed by atoms with Gasteiger partial charge in [0, 0.05) is 11.0 Å². The van der Waals surface area contributed by atoms with Crippen molar-refractivity contribution in [3.05, 3.63) is 32.8 Å². The second-order valence-corrected chi connectivity index (χ2v) is 5.62. The number of rotatable bonds is 4. The molecule has 2 heterocycles. The van der Waals surface area contributed by atoms with Gasteiger partial charge >= 0.3 is 5.69 Å². The van der Waals surface area contributed by atoms with Gasteiger partial charge in [-0.3, -0.25) is 4.57 Å². The van der Waals surface area contributed by atoms with E-state index in [2.05, 4.69) is 31.1 Å². The van der Waals surface area contributed by atoms with Crippen LogP contribution in [0.4, 0.5) is 0 Å². The Morgan fingerprint density at radius 2 is 2.28 bits per heavy atom. The molecule has 0 bridgehead atoms. The highest BCUT2D eigenvalue weighted by Gasteiger charge is 2.10. The quantitative estimate of drug-likeness (QED) is 0.936. The summed E-state index contributed by atoms with van der Waals surface area (Å²) >= 11 is 4.80. The van der Waals surface area contributed by atoms with Crippen LogP contribution in [0.3, 0.4) is 0 Å². The van der Waals surface area contributed by atoms with E-state index in [1.807, 2.05) is 26.0 Å². The molecular weight excluding hydrogens is 316 g/mol. The van der Waals surface area contributed by atoms with Crippen molar-refractivity contribution < 1.29 is 0 Å². The van der Waals surface area contributed by atoms with Crippen molar-refractivity contribution in [3.8, 4) is 0 Å². The fourth-order valence-electron chi connectivity index (χ4n) is 1.47. The van der Waals surface area contributed by atoms with E-state index in [9.17, 15) is 4.79 Å². The molecule has 18 heavy (non-hydrogen) atoms. The summed E-state index contributed by atoms with van der Waals surface area (Å²) in [6.45, 7) is 4.61. The van der Waals surface area contributed by atoms with Crippen LogP contribution in [-0.4, -0.2) is 19.7 Å². The maximum atomic E-state index is 11.5. The Morgan fingerprint density at radius 3 is 2.94 bits per heavy atom. The van der Waals surface area contributed by atoms with Crippen LogP contribution in [-0.2, 0) is 6.54 Å². The lowest BCUT2D eigenvalue weighted by Gasteiger charge is -2.04. The molecule has 0 aliphatic heterocycles. The number of aromatic nitrogens is 4. The van der Waals surface area contributed by atoms with Crippen LogP contribution in [0.25, 0.3) is 0 Å². The van der Waals surface area contributed by atoms with Crippen molar-refractivity contribution in [2.24, 2.45) is 0 Å². The minimum Gasteiger partial charge on any atom is -0.270 e. The molecule has 0 aliphatic rings. The zero-order valence-corrected chi connectivity index (χ0v) is 12.5. The van der Waals surface area contributed by atoms with Crippen molar-refractivity contribution in [2.45, 2.75) is 37.0 Å². The molecule has 0 fully saturated rings. The highest BCUT2D eigenvalue weighted by Crippen LogP contribution is 2.25. The average Bonchev–Trinajstić information content (AvgIpc) is 2.67. The lowest BCUT2D eigenvalue weighted by atomic mass is 10.4. The average molecular weight is 329 g/mol. The van der Waals surface area contributed by atoms with E-state index in [1.165, 1.54) is 11.8 Å². The summed E-state index contributed by atoms with van der Waals surface area (Å²) in [5.41, 5.74) is 0.744. The van der Waals surface area contributed by atoms with Gasteiger partial charge in [-0.1, -0.05) is 6.92 Å². The number of halogens is 1. The number of nitrogens with one attached hydrogen (secondary N) is 1. The number of nitrogens with zero attached hydrogens (tertiary/aromatic N) is 3. The molecule has 0 spiro atoms. The third-order valence-electron chi connectivity index (χ3n) is 2.36. The summed E-state index contributed by atoms with van der Waals surface area (Å²) in [6, 6.07) is 3.84. The van der Waals surface area contributed by atoms with E-state index < -0.39 is 0 Å². The minimum atomic E-state index is -0.173. The zero-order valence-electron chi connectivity index (χ0n) is 10.1. The Balaban J connectivity index is 2.28. The Morgan fingerprint density at radius 1 is 1.50 bits per heavy atom. The Labute approximate surface area is 117 Å². The van der Waals surface area contributed by atoms with Crippen LogP contribution in [0, 0.1) is 6.92 Å².